The Morgan fingerprint density at radius 2 is 1.92 bits per heavy atom. The maximum atomic E-state index is 13.6. The third-order valence-electron chi connectivity index (χ3n) is 3.33. The summed E-state index contributed by atoms with van der Waals surface area (Å²) in [5, 5.41) is 3.83. The highest BCUT2D eigenvalue weighted by Gasteiger charge is 2.16. The predicted molar refractivity (Wildman–Crippen MR) is 91.2 cm³/mol. The van der Waals surface area contributed by atoms with Crippen LogP contribution < -0.4 is 4.72 Å². The van der Waals surface area contributed by atoms with Gasteiger partial charge in [-0.15, -0.1) is 0 Å². The molecule has 0 spiro atoms. The molecule has 124 valence electrons. The van der Waals surface area contributed by atoms with Crippen molar-refractivity contribution in [1.29, 1.82) is 0 Å². The van der Waals surface area contributed by atoms with Crippen LogP contribution in [-0.2, 0) is 22.3 Å². The fourth-order valence-electron chi connectivity index (χ4n) is 2.19. The van der Waals surface area contributed by atoms with Crippen molar-refractivity contribution in [2.24, 2.45) is 0 Å². The highest BCUT2D eigenvalue weighted by atomic mass is 32.2. The lowest BCUT2D eigenvalue weighted by Gasteiger charge is -2.09. The van der Waals surface area contributed by atoms with E-state index in [2.05, 4.69) is 14.7 Å². The molecule has 0 aliphatic rings. The van der Waals surface area contributed by atoms with Crippen LogP contribution in [0, 0.1) is 5.82 Å². The van der Waals surface area contributed by atoms with E-state index in [1.165, 1.54) is 35.7 Å². The van der Waals surface area contributed by atoms with Gasteiger partial charge in [0.15, 0.2) is 0 Å². The van der Waals surface area contributed by atoms with Crippen LogP contribution in [0.1, 0.15) is 11.3 Å². The molecule has 2 aromatic heterocycles. The molecule has 2 heterocycles. The van der Waals surface area contributed by atoms with Crippen molar-refractivity contribution in [1.82, 2.24) is 14.7 Å². The van der Waals surface area contributed by atoms with Crippen LogP contribution >= 0.6 is 11.3 Å². The molecule has 8 heteroatoms. The SMILES string of the molecule is O=S(=O)(Cc1ccccc1F)NCc1nccnc1-c1ccsc1. The molecule has 0 aliphatic heterocycles. The Balaban J connectivity index is 1.75. The number of hydrogen-bond acceptors (Lipinski definition) is 5. The first-order chi connectivity index (χ1) is 11.6. The number of nitrogens with zero attached hydrogens (tertiary/aromatic N) is 2. The van der Waals surface area contributed by atoms with E-state index >= 15 is 0 Å². The van der Waals surface area contributed by atoms with Crippen LogP contribution in [0.3, 0.4) is 0 Å². The van der Waals surface area contributed by atoms with Crippen LogP contribution in [0.15, 0.2) is 53.5 Å². The first kappa shape index (κ1) is 16.7. The van der Waals surface area contributed by atoms with Gasteiger partial charge in [-0.3, -0.25) is 9.97 Å². The minimum absolute atomic E-state index is 0.00416. The van der Waals surface area contributed by atoms with Gasteiger partial charge in [-0.05, 0) is 17.5 Å². The summed E-state index contributed by atoms with van der Waals surface area (Å²) in [6.45, 7) is -0.00416. The minimum atomic E-state index is -3.70. The number of sulfonamides is 1. The average Bonchev–Trinajstić information content (AvgIpc) is 3.10. The van der Waals surface area contributed by atoms with Gasteiger partial charge in [-0.2, -0.15) is 11.3 Å². The van der Waals surface area contributed by atoms with E-state index in [9.17, 15) is 12.8 Å². The first-order valence-corrected chi connectivity index (χ1v) is 9.68. The Morgan fingerprint density at radius 1 is 1.12 bits per heavy atom. The molecule has 0 aliphatic carbocycles. The van der Waals surface area contributed by atoms with Gasteiger partial charge < -0.3 is 0 Å². The second-order valence-electron chi connectivity index (χ2n) is 5.04. The molecule has 24 heavy (non-hydrogen) atoms. The van der Waals surface area contributed by atoms with E-state index in [0.29, 0.717) is 11.4 Å². The maximum absolute atomic E-state index is 13.6. The number of benzene rings is 1. The molecule has 3 rings (SSSR count). The Bertz CT molecular complexity index is 928. The topological polar surface area (TPSA) is 72.0 Å². The third-order valence-corrected chi connectivity index (χ3v) is 5.29. The van der Waals surface area contributed by atoms with Gasteiger partial charge in [0.1, 0.15) is 5.82 Å². The van der Waals surface area contributed by atoms with Crippen molar-refractivity contribution in [3.05, 3.63) is 70.6 Å². The number of nitrogens with one attached hydrogen (secondary N) is 1. The maximum Gasteiger partial charge on any atom is 0.216 e. The summed E-state index contributed by atoms with van der Waals surface area (Å²) in [5.41, 5.74) is 2.17. The van der Waals surface area contributed by atoms with Gasteiger partial charge in [0.25, 0.3) is 0 Å². The summed E-state index contributed by atoms with van der Waals surface area (Å²) in [5.74, 6) is -0.963. The molecule has 0 saturated heterocycles. The first-order valence-electron chi connectivity index (χ1n) is 7.08. The number of hydrogen-bond donors (Lipinski definition) is 1. The summed E-state index contributed by atoms with van der Waals surface area (Å²) in [6, 6.07) is 7.71. The zero-order valence-corrected chi connectivity index (χ0v) is 14.1. The summed E-state index contributed by atoms with van der Waals surface area (Å²) in [7, 11) is -3.70. The number of thiophene rings is 1. The van der Waals surface area contributed by atoms with E-state index in [1.54, 1.807) is 12.3 Å². The van der Waals surface area contributed by atoms with Crippen LogP contribution in [0.5, 0.6) is 0 Å². The fourth-order valence-corrected chi connectivity index (χ4v) is 3.93. The molecule has 0 bridgehead atoms. The van der Waals surface area contributed by atoms with Gasteiger partial charge in [0, 0.05) is 28.9 Å². The Kier molecular flexibility index (Phi) is 4.98. The molecular formula is C16H14FN3O2S2. The van der Waals surface area contributed by atoms with Crippen molar-refractivity contribution in [2.75, 3.05) is 0 Å². The van der Waals surface area contributed by atoms with Crippen LogP contribution in [-0.4, -0.2) is 18.4 Å². The van der Waals surface area contributed by atoms with E-state index in [0.717, 1.165) is 5.56 Å². The molecule has 0 unspecified atom stereocenters. The van der Waals surface area contributed by atoms with E-state index in [4.69, 9.17) is 0 Å². The average molecular weight is 363 g/mol. The van der Waals surface area contributed by atoms with Crippen LogP contribution in [0.4, 0.5) is 4.39 Å². The van der Waals surface area contributed by atoms with E-state index < -0.39 is 21.6 Å². The monoisotopic (exact) mass is 363 g/mol. The number of aromatic nitrogens is 2. The molecular weight excluding hydrogens is 349 g/mol. The van der Waals surface area contributed by atoms with Crippen molar-refractivity contribution >= 4 is 21.4 Å². The zero-order valence-electron chi connectivity index (χ0n) is 12.5. The lowest BCUT2D eigenvalue weighted by atomic mass is 10.2. The zero-order chi connectivity index (χ0) is 17.0. The summed E-state index contributed by atoms with van der Waals surface area (Å²) in [4.78, 5) is 8.47. The van der Waals surface area contributed by atoms with Crippen LogP contribution in [0.2, 0.25) is 0 Å². The van der Waals surface area contributed by atoms with Gasteiger partial charge in [0.2, 0.25) is 10.0 Å². The fraction of sp³-hybridized carbons (Fsp3) is 0.125. The van der Waals surface area contributed by atoms with Gasteiger partial charge >= 0.3 is 0 Å². The standard InChI is InChI=1S/C16H14FN3O2S2/c17-14-4-2-1-3-13(14)11-24(21,22)20-9-15-16(19-7-6-18-15)12-5-8-23-10-12/h1-8,10,20H,9,11H2. The van der Waals surface area contributed by atoms with Crippen molar-refractivity contribution < 1.29 is 12.8 Å². The minimum Gasteiger partial charge on any atom is -0.256 e. The van der Waals surface area contributed by atoms with E-state index in [1.807, 2.05) is 16.8 Å². The molecule has 0 atom stereocenters. The van der Waals surface area contributed by atoms with Crippen LogP contribution in [0.25, 0.3) is 11.3 Å². The highest BCUT2D eigenvalue weighted by Crippen LogP contribution is 2.22. The van der Waals surface area contributed by atoms with Crippen molar-refractivity contribution in [2.45, 2.75) is 12.3 Å². The highest BCUT2D eigenvalue weighted by molar-refractivity contribution is 7.88. The smallest absolute Gasteiger partial charge is 0.216 e. The van der Waals surface area contributed by atoms with Gasteiger partial charge in [-0.1, -0.05) is 18.2 Å². The number of rotatable bonds is 6. The van der Waals surface area contributed by atoms with E-state index in [-0.39, 0.29) is 12.1 Å². The Labute approximate surface area is 143 Å². The molecule has 1 aromatic carbocycles. The number of halogens is 1. The summed E-state index contributed by atoms with van der Waals surface area (Å²) in [6.07, 6.45) is 3.07. The van der Waals surface area contributed by atoms with Crippen molar-refractivity contribution in [3.63, 3.8) is 0 Å². The predicted octanol–water partition coefficient (Wildman–Crippen LogP) is 2.96. The molecule has 0 fully saturated rings. The molecule has 1 N–H and O–H groups in total. The lowest BCUT2D eigenvalue weighted by Crippen LogP contribution is -2.26. The second kappa shape index (κ2) is 7.16. The quantitative estimate of drug-likeness (QED) is 0.731. The summed E-state index contributed by atoms with van der Waals surface area (Å²) >= 11 is 1.52. The molecule has 5 nitrogen and oxygen atoms in total. The normalized spacial score (nSPS) is 11.5. The molecule has 0 saturated carbocycles. The molecule has 0 radical (unpaired) electrons. The van der Waals surface area contributed by atoms with Gasteiger partial charge in [-0.25, -0.2) is 17.5 Å². The summed E-state index contributed by atoms with van der Waals surface area (Å²) < 4.78 is 40.5. The van der Waals surface area contributed by atoms with Crippen molar-refractivity contribution in [3.8, 4) is 11.3 Å². The third kappa shape index (κ3) is 4.02. The second-order valence-corrected chi connectivity index (χ2v) is 7.62. The largest absolute Gasteiger partial charge is 0.256 e. The molecule has 0 amide bonds. The Morgan fingerprint density at radius 3 is 2.67 bits per heavy atom. The van der Waals surface area contributed by atoms with Gasteiger partial charge in [0.05, 0.1) is 23.7 Å². The lowest BCUT2D eigenvalue weighted by molar-refractivity contribution is 0.573. The molecule has 3 aromatic rings. The Hall–Kier alpha value is -2.16.